The van der Waals surface area contributed by atoms with Gasteiger partial charge in [-0.1, -0.05) is 27.2 Å². The largest absolute Gasteiger partial charge is 0.425 e. The van der Waals surface area contributed by atoms with E-state index in [1.807, 2.05) is 0 Å². The van der Waals surface area contributed by atoms with Crippen molar-refractivity contribution >= 4 is 0 Å². The first kappa shape index (κ1) is 14.2. The average molecular weight is 239 g/mol. The lowest BCUT2D eigenvalue weighted by molar-refractivity contribution is 0.407. The smallest absolute Gasteiger partial charge is 0.216 e. The lowest BCUT2D eigenvalue weighted by atomic mass is 10.1. The van der Waals surface area contributed by atoms with Gasteiger partial charge >= 0.3 is 0 Å². The Morgan fingerprint density at radius 3 is 2.65 bits per heavy atom. The Morgan fingerprint density at radius 1 is 1.18 bits per heavy atom. The van der Waals surface area contributed by atoms with Gasteiger partial charge in [0.25, 0.3) is 0 Å². The van der Waals surface area contributed by atoms with Gasteiger partial charge in [-0.2, -0.15) is 0 Å². The first-order chi connectivity index (χ1) is 8.26. The van der Waals surface area contributed by atoms with Crippen LogP contribution in [0.15, 0.2) is 4.42 Å². The maximum Gasteiger partial charge on any atom is 0.216 e. The van der Waals surface area contributed by atoms with Crippen molar-refractivity contribution in [3.05, 3.63) is 11.8 Å². The lowest BCUT2D eigenvalue weighted by Gasteiger charge is -2.02. The summed E-state index contributed by atoms with van der Waals surface area (Å²) in [5, 5.41) is 11.5. The molecule has 0 aromatic carbocycles. The highest BCUT2D eigenvalue weighted by molar-refractivity contribution is 4.83. The Morgan fingerprint density at radius 2 is 1.94 bits per heavy atom. The van der Waals surface area contributed by atoms with Crippen molar-refractivity contribution in [1.82, 2.24) is 15.5 Å². The number of aromatic nitrogens is 2. The molecule has 0 radical (unpaired) electrons. The summed E-state index contributed by atoms with van der Waals surface area (Å²) in [6.45, 7) is 8.67. The molecule has 98 valence electrons. The van der Waals surface area contributed by atoms with Crippen LogP contribution in [0.1, 0.15) is 51.8 Å². The van der Waals surface area contributed by atoms with E-state index in [1.54, 1.807) is 0 Å². The average Bonchev–Trinajstić information content (AvgIpc) is 2.76. The fourth-order valence-electron chi connectivity index (χ4n) is 1.58. The second-order valence-corrected chi connectivity index (χ2v) is 4.66. The molecule has 1 aromatic heterocycles. The number of nitrogens with zero attached hydrogens (tertiary/aromatic N) is 2. The van der Waals surface area contributed by atoms with Crippen molar-refractivity contribution in [3.63, 3.8) is 0 Å². The van der Waals surface area contributed by atoms with Crippen molar-refractivity contribution in [2.45, 2.75) is 52.9 Å². The molecule has 0 spiro atoms. The van der Waals surface area contributed by atoms with Crippen LogP contribution in [-0.4, -0.2) is 23.3 Å². The molecule has 0 amide bonds. The molecule has 0 aliphatic heterocycles. The molecule has 1 rings (SSSR count). The van der Waals surface area contributed by atoms with Crippen molar-refractivity contribution < 1.29 is 4.42 Å². The van der Waals surface area contributed by atoms with Gasteiger partial charge in [0.15, 0.2) is 0 Å². The fraction of sp³-hybridized carbons (Fsp3) is 0.846. The van der Waals surface area contributed by atoms with Crippen LogP contribution in [0.2, 0.25) is 0 Å². The van der Waals surface area contributed by atoms with Gasteiger partial charge in [0.1, 0.15) is 0 Å². The molecular formula is C13H25N3O. The predicted molar refractivity (Wildman–Crippen MR) is 68.9 cm³/mol. The Bertz CT molecular complexity index is 299. The van der Waals surface area contributed by atoms with Gasteiger partial charge in [-0.25, -0.2) is 0 Å². The molecule has 1 atom stereocenters. The third kappa shape index (κ3) is 5.82. The van der Waals surface area contributed by atoms with Crippen LogP contribution in [0.5, 0.6) is 0 Å². The molecule has 0 saturated heterocycles. The molecule has 17 heavy (non-hydrogen) atoms. The van der Waals surface area contributed by atoms with Crippen LogP contribution in [-0.2, 0) is 12.8 Å². The van der Waals surface area contributed by atoms with E-state index in [0.29, 0.717) is 5.92 Å². The quantitative estimate of drug-likeness (QED) is 0.673. The summed E-state index contributed by atoms with van der Waals surface area (Å²) in [6.07, 6.45) is 5.17. The normalized spacial score (nSPS) is 12.9. The number of hydrogen-bond acceptors (Lipinski definition) is 4. The number of aryl methyl sites for hydroxylation is 1. The highest BCUT2D eigenvalue weighted by Gasteiger charge is 2.08. The Balaban J connectivity index is 2.21. The molecule has 0 fully saturated rings. The molecule has 1 heterocycles. The van der Waals surface area contributed by atoms with E-state index in [2.05, 4.69) is 36.3 Å². The number of rotatable bonds is 9. The molecule has 0 aliphatic rings. The third-order valence-corrected chi connectivity index (χ3v) is 2.90. The van der Waals surface area contributed by atoms with Gasteiger partial charge in [0.05, 0.1) is 0 Å². The Hall–Kier alpha value is -0.900. The predicted octanol–water partition coefficient (Wildman–Crippen LogP) is 2.59. The van der Waals surface area contributed by atoms with Gasteiger partial charge in [-0.15, -0.1) is 10.2 Å². The summed E-state index contributed by atoms with van der Waals surface area (Å²) in [7, 11) is 0. The second-order valence-electron chi connectivity index (χ2n) is 4.66. The first-order valence-electron chi connectivity index (χ1n) is 6.78. The van der Waals surface area contributed by atoms with Gasteiger partial charge in [0.2, 0.25) is 11.8 Å². The van der Waals surface area contributed by atoms with Gasteiger partial charge < -0.3 is 9.73 Å². The molecule has 1 aromatic rings. The van der Waals surface area contributed by atoms with Crippen molar-refractivity contribution in [2.24, 2.45) is 5.92 Å². The molecule has 4 heteroatoms. The van der Waals surface area contributed by atoms with E-state index in [-0.39, 0.29) is 0 Å². The number of nitrogens with one attached hydrogen (secondary N) is 1. The topological polar surface area (TPSA) is 51.0 Å². The first-order valence-corrected chi connectivity index (χ1v) is 6.78. The number of hydrogen-bond donors (Lipinski definition) is 1. The van der Waals surface area contributed by atoms with Crippen molar-refractivity contribution in [2.75, 3.05) is 13.1 Å². The van der Waals surface area contributed by atoms with E-state index in [1.165, 1.54) is 6.42 Å². The van der Waals surface area contributed by atoms with Gasteiger partial charge in [0, 0.05) is 12.8 Å². The standard InChI is InChI=1S/C13H25N3O/c1-4-8-14-9-6-7-12-15-16-13(17-12)10-11(3)5-2/h11,14H,4-10H2,1-3H3. The minimum Gasteiger partial charge on any atom is -0.425 e. The van der Waals surface area contributed by atoms with E-state index in [0.717, 1.165) is 50.6 Å². The van der Waals surface area contributed by atoms with E-state index in [9.17, 15) is 0 Å². The van der Waals surface area contributed by atoms with Crippen molar-refractivity contribution in [1.29, 1.82) is 0 Å². The summed E-state index contributed by atoms with van der Waals surface area (Å²) in [5.74, 6) is 2.19. The van der Waals surface area contributed by atoms with Crippen LogP contribution < -0.4 is 5.32 Å². The summed E-state index contributed by atoms with van der Waals surface area (Å²) < 4.78 is 5.61. The maximum absolute atomic E-state index is 5.61. The van der Waals surface area contributed by atoms with E-state index < -0.39 is 0 Å². The van der Waals surface area contributed by atoms with Crippen LogP contribution in [0.4, 0.5) is 0 Å². The fourth-order valence-corrected chi connectivity index (χ4v) is 1.58. The zero-order valence-electron chi connectivity index (χ0n) is 11.3. The lowest BCUT2D eigenvalue weighted by Crippen LogP contribution is -2.16. The molecule has 4 nitrogen and oxygen atoms in total. The van der Waals surface area contributed by atoms with Crippen LogP contribution in [0.25, 0.3) is 0 Å². The maximum atomic E-state index is 5.61. The molecular weight excluding hydrogens is 214 g/mol. The van der Waals surface area contributed by atoms with Gasteiger partial charge in [-0.05, 0) is 31.8 Å². The highest BCUT2D eigenvalue weighted by atomic mass is 16.4. The van der Waals surface area contributed by atoms with Crippen molar-refractivity contribution in [3.8, 4) is 0 Å². The highest BCUT2D eigenvalue weighted by Crippen LogP contribution is 2.10. The summed E-state index contributed by atoms with van der Waals surface area (Å²) in [5.41, 5.74) is 0. The van der Waals surface area contributed by atoms with Crippen LogP contribution >= 0.6 is 0 Å². The zero-order valence-corrected chi connectivity index (χ0v) is 11.3. The third-order valence-electron chi connectivity index (χ3n) is 2.90. The molecule has 0 bridgehead atoms. The van der Waals surface area contributed by atoms with Crippen LogP contribution in [0.3, 0.4) is 0 Å². The minimum absolute atomic E-state index is 0.620. The SMILES string of the molecule is CCCNCCCc1nnc(CC(C)CC)o1. The molecule has 0 aliphatic carbocycles. The minimum atomic E-state index is 0.620. The Labute approximate surface area is 104 Å². The van der Waals surface area contributed by atoms with Crippen LogP contribution in [0, 0.1) is 5.92 Å². The monoisotopic (exact) mass is 239 g/mol. The molecule has 1 unspecified atom stereocenters. The second kappa shape index (κ2) is 8.23. The summed E-state index contributed by atoms with van der Waals surface area (Å²) >= 11 is 0. The van der Waals surface area contributed by atoms with Gasteiger partial charge in [-0.3, -0.25) is 0 Å². The summed E-state index contributed by atoms with van der Waals surface area (Å²) in [4.78, 5) is 0. The Kier molecular flexibility index (Phi) is 6.86. The van der Waals surface area contributed by atoms with E-state index in [4.69, 9.17) is 4.42 Å². The zero-order chi connectivity index (χ0) is 12.5. The molecule has 0 saturated carbocycles. The molecule has 1 N–H and O–H groups in total. The van der Waals surface area contributed by atoms with E-state index >= 15 is 0 Å². The summed E-state index contributed by atoms with van der Waals surface area (Å²) in [6, 6.07) is 0.